The van der Waals surface area contributed by atoms with Gasteiger partial charge in [0.15, 0.2) is 5.16 Å². The molecule has 5 heteroatoms. The van der Waals surface area contributed by atoms with Gasteiger partial charge < -0.3 is 0 Å². The number of Topliss-reactive ketones (excluding diaryl/α,β-unsaturated/α-hetero) is 1. The first-order valence-electron chi connectivity index (χ1n) is 8.75. The van der Waals surface area contributed by atoms with Gasteiger partial charge in [0.1, 0.15) is 5.78 Å². The van der Waals surface area contributed by atoms with Gasteiger partial charge in [0.2, 0.25) is 0 Å². The van der Waals surface area contributed by atoms with Gasteiger partial charge in [0, 0.05) is 0 Å². The Morgan fingerprint density at radius 3 is 2.50 bits per heavy atom. The molecular weight excluding hydrogens is 344 g/mol. The lowest BCUT2D eigenvalue weighted by Gasteiger charge is -2.14. The highest BCUT2D eigenvalue weighted by molar-refractivity contribution is 7.99. The summed E-state index contributed by atoms with van der Waals surface area (Å²) in [5.41, 5.74) is 2.55. The van der Waals surface area contributed by atoms with Crippen molar-refractivity contribution in [2.24, 2.45) is 0 Å². The SMILES string of the molecule is CC[C@@H](C)c1ccc(-n2c(SCC(C)=O)nc3ccccc3c2=O)cc1. The average Bonchev–Trinajstić information content (AvgIpc) is 2.66. The van der Waals surface area contributed by atoms with E-state index in [-0.39, 0.29) is 17.1 Å². The molecule has 1 heterocycles. The van der Waals surface area contributed by atoms with E-state index < -0.39 is 0 Å². The molecule has 26 heavy (non-hydrogen) atoms. The van der Waals surface area contributed by atoms with Crippen molar-refractivity contribution in [3.05, 3.63) is 64.4 Å². The van der Waals surface area contributed by atoms with Crippen LogP contribution in [0.1, 0.15) is 38.7 Å². The fourth-order valence-corrected chi connectivity index (χ4v) is 3.60. The molecule has 0 radical (unpaired) electrons. The first kappa shape index (κ1) is 18.4. The van der Waals surface area contributed by atoms with Crippen LogP contribution in [0.4, 0.5) is 0 Å². The Kier molecular flexibility index (Phi) is 5.57. The molecule has 3 rings (SSSR count). The molecule has 1 atom stereocenters. The molecule has 0 aliphatic heterocycles. The quantitative estimate of drug-likeness (QED) is 0.473. The second-order valence-corrected chi connectivity index (χ2v) is 7.39. The molecule has 0 saturated heterocycles. The predicted octanol–water partition coefficient (Wildman–Crippen LogP) is 4.58. The highest BCUT2D eigenvalue weighted by Crippen LogP contribution is 2.24. The van der Waals surface area contributed by atoms with Crippen LogP contribution in [0.2, 0.25) is 0 Å². The molecule has 0 N–H and O–H groups in total. The number of hydrogen-bond acceptors (Lipinski definition) is 4. The minimum absolute atomic E-state index is 0.0519. The summed E-state index contributed by atoms with van der Waals surface area (Å²) < 4.78 is 1.61. The second-order valence-electron chi connectivity index (χ2n) is 6.44. The van der Waals surface area contributed by atoms with E-state index in [1.165, 1.54) is 24.2 Å². The topological polar surface area (TPSA) is 52.0 Å². The maximum atomic E-state index is 13.1. The van der Waals surface area contributed by atoms with Gasteiger partial charge in [-0.2, -0.15) is 0 Å². The molecule has 0 aliphatic rings. The van der Waals surface area contributed by atoms with Crippen LogP contribution >= 0.6 is 11.8 Å². The number of carbonyl (C=O) groups is 1. The Labute approximate surface area is 157 Å². The summed E-state index contributed by atoms with van der Waals surface area (Å²) in [6.07, 6.45) is 1.07. The van der Waals surface area contributed by atoms with Gasteiger partial charge in [-0.1, -0.05) is 49.9 Å². The molecule has 0 bridgehead atoms. The Bertz CT molecular complexity index is 993. The van der Waals surface area contributed by atoms with Gasteiger partial charge in [0.25, 0.3) is 5.56 Å². The largest absolute Gasteiger partial charge is 0.299 e. The van der Waals surface area contributed by atoms with E-state index in [2.05, 4.69) is 31.0 Å². The van der Waals surface area contributed by atoms with Gasteiger partial charge >= 0.3 is 0 Å². The lowest BCUT2D eigenvalue weighted by molar-refractivity contribution is -0.114. The van der Waals surface area contributed by atoms with Crippen LogP contribution in [-0.4, -0.2) is 21.1 Å². The van der Waals surface area contributed by atoms with Crippen molar-refractivity contribution in [1.82, 2.24) is 9.55 Å². The summed E-state index contributed by atoms with van der Waals surface area (Å²) in [4.78, 5) is 29.2. The van der Waals surface area contributed by atoms with Gasteiger partial charge in [-0.3, -0.25) is 14.2 Å². The van der Waals surface area contributed by atoms with Crippen LogP contribution in [0, 0.1) is 0 Å². The number of carbonyl (C=O) groups excluding carboxylic acids is 1. The third-order valence-corrected chi connectivity index (χ3v) is 5.57. The third-order valence-electron chi connectivity index (χ3n) is 4.48. The third kappa shape index (κ3) is 3.73. The lowest BCUT2D eigenvalue weighted by Crippen LogP contribution is -2.22. The summed E-state index contributed by atoms with van der Waals surface area (Å²) in [7, 11) is 0. The normalized spacial score (nSPS) is 12.3. The average molecular weight is 366 g/mol. The van der Waals surface area contributed by atoms with Gasteiger partial charge in [-0.05, 0) is 49.1 Å². The molecule has 0 saturated carbocycles. The van der Waals surface area contributed by atoms with Crippen LogP contribution in [0.15, 0.2) is 58.5 Å². The lowest BCUT2D eigenvalue weighted by atomic mass is 9.98. The summed E-state index contributed by atoms with van der Waals surface area (Å²) >= 11 is 1.30. The van der Waals surface area contributed by atoms with Crippen LogP contribution in [0.3, 0.4) is 0 Å². The summed E-state index contributed by atoms with van der Waals surface area (Å²) in [5.74, 6) is 0.813. The molecular formula is C21H22N2O2S. The van der Waals surface area contributed by atoms with Gasteiger partial charge in [0.05, 0.1) is 22.3 Å². The number of rotatable bonds is 6. The molecule has 0 spiro atoms. The smallest absolute Gasteiger partial charge is 0.266 e. The summed E-state index contributed by atoms with van der Waals surface area (Å²) in [6, 6.07) is 15.3. The highest BCUT2D eigenvalue weighted by Gasteiger charge is 2.14. The Hall–Kier alpha value is -2.40. The fraction of sp³-hybridized carbons (Fsp3) is 0.286. The number of hydrogen-bond donors (Lipinski definition) is 0. The maximum absolute atomic E-state index is 13.1. The van der Waals surface area contributed by atoms with Crippen molar-refractivity contribution in [3.8, 4) is 5.69 Å². The molecule has 1 aromatic heterocycles. The number of aromatic nitrogens is 2. The predicted molar refractivity (Wildman–Crippen MR) is 107 cm³/mol. The van der Waals surface area contributed by atoms with Crippen molar-refractivity contribution in [2.45, 2.75) is 38.3 Å². The molecule has 2 aromatic carbocycles. The van der Waals surface area contributed by atoms with Crippen LogP contribution in [0.25, 0.3) is 16.6 Å². The Morgan fingerprint density at radius 1 is 1.15 bits per heavy atom. The summed E-state index contributed by atoms with van der Waals surface area (Å²) in [5, 5.41) is 1.12. The fourth-order valence-electron chi connectivity index (χ4n) is 2.79. The molecule has 0 fully saturated rings. The van der Waals surface area contributed by atoms with Crippen LogP contribution < -0.4 is 5.56 Å². The molecule has 4 nitrogen and oxygen atoms in total. The van der Waals surface area contributed by atoms with Gasteiger partial charge in [-0.25, -0.2) is 4.98 Å². The van der Waals surface area contributed by atoms with Crippen molar-refractivity contribution < 1.29 is 4.79 Å². The number of thioether (sulfide) groups is 1. The monoisotopic (exact) mass is 366 g/mol. The van der Waals surface area contributed by atoms with E-state index in [4.69, 9.17) is 0 Å². The van der Waals surface area contributed by atoms with Crippen LogP contribution in [-0.2, 0) is 4.79 Å². The summed E-state index contributed by atoms with van der Waals surface area (Å²) in [6.45, 7) is 5.89. The van der Waals surface area contributed by atoms with E-state index in [1.807, 2.05) is 30.3 Å². The molecule has 0 amide bonds. The second kappa shape index (κ2) is 7.87. The van der Waals surface area contributed by atoms with E-state index in [1.54, 1.807) is 10.6 Å². The zero-order valence-electron chi connectivity index (χ0n) is 15.2. The standard InChI is InChI=1S/C21H22N2O2S/c1-4-14(2)16-9-11-17(12-10-16)23-20(25)18-7-5-6-8-19(18)22-21(23)26-13-15(3)24/h5-12,14H,4,13H2,1-3H3/t14-/m1/s1. The van der Waals surface area contributed by atoms with E-state index in [0.29, 0.717) is 22.0 Å². The molecule has 134 valence electrons. The molecule has 0 aliphatic carbocycles. The Balaban J connectivity index is 2.15. The number of para-hydroxylation sites is 1. The number of nitrogens with zero attached hydrogens (tertiary/aromatic N) is 2. The van der Waals surface area contributed by atoms with E-state index in [0.717, 1.165) is 12.1 Å². The first-order chi connectivity index (χ1) is 12.5. The zero-order valence-corrected chi connectivity index (χ0v) is 16.0. The Morgan fingerprint density at radius 2 is 1.85 bits per heavy atom. The number of fused-ring (bicyclic) bond motifs is 1. The highest BCUT2D eigenvalue weighted by atomic mass is 32.2. The van der Waals surface area contributed by atoms with Crippen LogP contribution in [0.5, 0.6) is 0 Å². The minimum atomic E-state index is -0.113. The maximum Gasteiger partial charge on any atom is 0.266 e. The van der Waals surface area contributed by atoms with Gasteiger partial charge in [-0.15, -0.1) is 0 Å². The number of benzene rings is 2. The first-order valence-corrected chi connectivity index (χ1v) is 9.74. The minimum Gasteiger partial charge on any atom is -0.299 e. The zero-order chi connectivity index (χ0) is 18.7. The van der Waals surface area contributed by atoms with Crippen molar-refractivity contribution in [1.29, 1.82) is 0 Å². The van der Waals surface area contributed by atoms with E-state index in [9.17, 15) is 9.59 Å². The molecule has 0 unspecified atom stereocenters. The molecule has 3 aromatic rings. The van der Waals surface area contributed by atoms with Crippen molar-refractivity contribution in [3.63, 3.8) is 0 Å². The number of ketones is 1. The van der Waals surface area contributed by atoms with Crippen molar-refractivity contribution >= 4 is 28.4 Å². The van der Waals surface area contributed by atoms with E-state index >= 15 is 0 Å². The van der Waals surface area contributed by atoms with Crippen molar-refractivity contribution in [2.75, 3.05) is 5.75 Å².